The molecule has 1 amide bonds. The Morgan fingerprint density at radius 2 is 1.96 bits per heavy atom. The van der Waals surface area contributed by atoms with Crippen LogP contribution >= 0.6 is 0 Å². The van der Waals surface area contributed by atoms with Crippen molar-refractivity contribution in [1.82, 2.24) is 5.32 Å². The molecule has 0 radical (unpaired) electrons. The van der Waals surface area contributed by atoms with Crippen molar-refractivity contribution in [2.45, 2.75) is 19.1 Å². The first-order valence-corrected chi connectivity index (χ1v) is 9.84. The van der Waals surface area contributed by atoms with Gasteiger partial charge in [0.1, 0.15) is 0 Å². The Hall–Kier alpha value is -2.87. The van der Waals surface area contributed by atoms with Crippen molar-refractivity contribution in [2.24, 2.45) is 0 Å². The SMILES string of the molecule is CS(=O)(=O)Nc1cccc(CNC(=O)C2Cc3ccccc3C(=O)O2)c1. The summed E-state index contributed by atoms with van der Waals surface area (Å²) < 4.78 is 30.2. The highest BCUT2D eigenvalue weighted by Crippen LogP contribution is 2.20. The molecule has 0 fully saturated rings. The maximum atomic E-state index is 12.3. The van der Waals surface area contributed by atoms with E-state index in [2.05, 4.69) is 10.0 Å². The van der Waals surface area contributed by atoms with Crippen LogP contribution in [-0.2, 0) is 32.5 Å². The van der Waals surface area contributed by atoms with Gasteiger partial charge in [-0.05, 0) is 29.3 Å². The third kappa shape index (κ3) is 4.40. The molecule has 1 heterocycles. The molecule has 0 saturated carbocycles. The fraction of sp³-hybridized carbons (Fsp3) is 0.222. The van der Waals surface area contributed by atoms with Crippen molar-refractivity contribution < 1.29 is 22.7 Å². The monoisotopic (exact) mass is 374 g/mol. The molecule has 2 N–H and O–H groups in total. The highest BCUT2D eigenvalue weighted by atomic mass is 32.2. The van der Waals surface area contributed by atoms with Crippen LogP contribution in [0, 0.1) is 0 Å². The molecule has 1 atom stereocenters. The molecule has 0 aliphatic carbocycles. The van der Waals surface area contributed by atoms with Crippen LogP contribution in [0.5, 0.6) is 0 Å². The normalized spacial score (nSPS) is 16.3. The Morgan fingerprint density at radius 1 is 1.19 bits per heavy atom. The summed E-state index contributed by atoms with van der Waals surface area (Å²) in [6.45, 7) is 0.188. The van der Waals surface area contributed by atoms with Gasteiger partial charge in [0.25, 0.3) is 5.91 Å². The van der Waals surface area contributed by atoms with Crippen LogP contribution in [0.2, 0.25) is 0 Å². The Labute approximate surface area is 151 Å². The number of hydrogen-bond acceptors (Lipinski definition) is 5. The Bertz CT molecular complexity index is 956. The molecule has 8 heteroatoms. The average Bonchev–Trinajstić information content (AvgIpc) is 2.58. The lowest BCUT2D eigenvalue weighted by molar-refractivity contribution is -0.130. The fourth-order valence-electron chi connectivity index (χ4n) is 2.74. The molecule has 1 aliphatic heterocycles. The van der Waals surface area contributed by atoms with Gasteiger partial charge in [-0.2, -0.15) is 0 Å². The van der Waals surface area contributed by atoms with Crippen molar-refractivity contribution in [3.63, 3.8) is 0 Å². The van der Waals surface area contributed by atoms with Gasteiger partial charge in [-0.1, -0.05) is 30.3 Å². The number of rotatable bonds is 5. The van der Waals surface area contributed by atoms with E-state index < -0.39 is 28.0 Å². The van der Waals surface area contributed by atoms with Crippen molar-refractivity contribution >= 4 is 27.6 Å². The van der Waals surface area contributed by atoms with Gasteiger partial charge in [0.15, 0.2) is 6.10 Å². The number of fused-ring (bicyclic) bond motifs is 1. The van der Waals surface area contributed by atoms with Gasteiger partial charge in [0.2, 0.25) is 10.0 Å². The zero-order valence-corrected chi connectivity index (χ0v) is 14.9. The number of carbonyl (C=O) groups excluding carboxylic acids is 2. The van der Waals surface area contributed by atoms with E-state index in [4.69, 9.17) is 4.74 Å². The minimum absolute atomic E-state index is 0.188. The zero-order chi connectivity index (χ0) is 18.7. The van der Waals surface area contributed by atoms with Crippen molar-refractivity contribution in [3.8, 4) is 0 Å². The summed E-state index contributed by atoms with van der Waals surface area (Å²) in [5.41, 5.74) is 2.39. The Balaban J connectivity index is 1.63. The van der Waals surface area contributed by atoms with Crippen LogP contribution in [0.1, 0.15) is 21.5 Å². The summed E-state index contributed by atoms with van der Waals surface area (Å²) >= 11 is 0. The van der Waals surface area contributed by atoms with Crippen LogP contribution in [0.15, 0.2) is 48.5 Å². The van der Waals surface area contributed by atoms with Crippen LogP contribution in [0.3, 0.4) is 0 Å². The van der Waals surface area contributed by atoms with E-state index in [1.54, 1.807) is 42.5 Å². The molecule has 0 aromatic heterocycles. The molecular weight excluding hydrogens is 356 g/mol. The number of benzene rings is 2. The summed E-state index contributed by atoms with van der Waals surface area (Å²) in [5.74, 6) is -0.902. The number of hydrogen-bond donors (Lipinski definition) is 2. The summed E-state index contributed by atoms with van der Waals surface area (Å²) in [6.07, 6.45) is 0.509. The standard InChI is InChI=1S/C18H18N2O5S/c1-26(23,24)20-14-7-4-5-12(9-14)11-19-17(21)16-10-13-6-2-3-8-15(13)18(22)25-16/h2-9,16,20H,10-11H2,1H3,(H,19,21). The van der Waals surface area contributed by atoms with E-state index in [1.165, 1.54) is 0 Å². The highest BCUT2D eigenvalue weighted by Gasteiger charge is 2.30. The van der Waals surface area contributed by atoms with Gasteiger partial charge in [-0.15, -0.1) is 0 Å². The van der Waals surface area contributed by atoms with Crippen molar-refractivity contribution in [3.05, 3.63) is 65.2 Å². The second kappa shape index (κ2) is 7.17. The summed E-state index contributed by atoms with van der Waals surface area (Å²) in [4.78, 5) is 24.3. The maximum Gasteiger partial charge on any atom is 0.339 e. The van der Waals surface area contributed by atoms with Crippen LogP contribution in [0.4, 0.5) is 5.69 Å². The minimum Gasteiger partial charge on any atom is -0.448 e. The first-order valence-electron chi connectivity index (χ1n) is 7.95. The van der Waals surface area contributed by atoms with Gasteiger partial charge >= 0.3 is 5.97 Å². The number of anilines is 1. The number of carbonyl (C=O) groups is 2. The molecule has 26 heavy (non-hydrogen) atoms. The number of sulfonamides is 1. The number of esters is 1. The van der Waals surface area contributed by atoms with Gasteiger partial charge < -0.3 is 10.1 Å². The van der Waals surface area contributed by atoms with Gasteiger partial charge in [0, 0.05) is 18.7 Å². The molecule has 3 rings (SSSR count). The Kier molecular flexibility index (Phi) is 4.94. The number of cyclic esters (lactones) is 1. The smallest absolute Gasteiger partial charge is 0.339 e. The molecule has 2 aromatic carbocycles. The quantitative estimate of drug-likeness (QED) is 0.772. The molecule has 0 saturated heterocycles. The van der Waals surface area contributed by atoms with Crippen LogP contribution in [-0.4, -0.2) is 32.7 Å². The maximum absolute atomic E-state index is 12.3. The zero-order valence-electron chi connectivity index (χ0n) is 14.1. The lowest BCUT2D eigenvalue weighted by atomic mass is 9.98. The average molecular weight is 374 g/mol. The molecule has 1 unspecified atom stereocenters. The number of ether oxygens (including phenoxy) is 1. The van der Waals surface area contributed by atoms with E-state index in [-0.39, 0.29) is 6.54 Å². The van der Waals surface area contributed by atoms with Gasteiger partial charge in [0.05, 0.1) is 11.8 Å². The van der Waals surface area contributed by atoms with Gasteiger partial charge in [-0.3, -0.25) is 9.52 Å². The molecule has 1 aliphatic rings. The van der Waals surface area contributed by atoms with E-state index >= 15 is 0 Å². The van der Waals surface area contributed by atoms with E-state index in [0.717, 1.165) is 17.4 Å². The predicted molar refractivity (Wildman–Crippen MR) is 96.1 cm³/mol. The fourth-order valence-corrected chi connectivity index (χ4v) is 3.29. The second-order valence-electron chi connectivity index (χ2n) is 6.05. The molecule has 7 nitrogen and oxygen atoms in total. The van der Waals surface area contributed by atoms with E-state index in [0.29, 0.717) is 17.7 Å². The first kappa shape index (κ1) is 17.9. The van der Waals surface area contributed by atoms with Crippen LogP contribution < -0.4 is 10.0 Å². The van der Waals surface area contributed by atoms with E-state index in [1.807, 2.05) is 6.07 Å². The van der Waals surface area contributed by atoms with Crippen LogP contribution in [0.25, 0.3) is 0 Å². The first-order chi connectivity index (χ1) is 12.3. The van der Waals surface area contributed by atoms with Gasteiger partial charge in [-0.25, -0.2) is 13.2 Å². The predicted octanol–water partition coefficient (Wildman–Crippen LogP) is 1.46. The summed E-state index contributed by atoms with van der Waals surface area (Å²) in [6, 6.07) is 13.7. The minimum atomic E-state index is -3.37. The third-order valence-corrected chi connectivity index (χ3v) is 4.49. The van der Waals surface area contributed by atoms with Crippen molar-refractivity contribution in [1.29, 1.82) is 0 Å². The number of amides is 1. The summed E-state index contributed by atoms with van der Waals surface area (Å²) in [7, 11) is -3.37. The molecule has 0 spiro atoms. The topological polar surface area (TPSA) is 102 Å². The Morgan fingerprint density at radius 3 is 2.73 bits per heavy atom. The van der Waals surface area contributed by atoms with E-state index in [9.17, 15) is 18.0 Å². The third-order valence-electron chi connectivity index (χ3n) is 3.88. The summed E-state index contributed by atoms with van der Waals surface area (Å²) in [5, 5.41) is 2.72. The largest absolute Gasteiger partial charge is 0.448 e. The molecular formula is C18H18N2O5S. The molecule has 0 bridgehead atoms. The lowest BCUT2D eigenvalue weighted by Gasteiger charge is -2.23. The second-order valence-corrected chi connectivity index (χ2v) is 7.80. The highest BCUT2D eigenvalue weighted by molar-refractivity contribution is 7.92. The number of nitrogens with one attached hydrogen (secondary N) is 2. The van der Waals surface area contributed by atoms with Crippen molar-refractivity contribution in [2.75, 3.05) is 11.0 Å². The lowest BCUT2D eigenvalue weighted by Crippen LogP contribution is -2.41. The molecule has 2 aromatic rings. The molecule has 136 valence electrons.